The van der Waals surface area contributed by atoms with Gasteiger partial charge in [0.05, 0.1) is 5.69 Å². The lowest BCUT2D eigenvalue weighted by Gasteiger charge is -2.13. The van der Waals surface area contributed by atoms with Crippen LogP contribution in [0.15, 0.2) is 54.6 Å². The summed E-state index contributed by atoms with van der Waals surface area (Å²) < 4.78 is 11.0. The molecule has 2 aromatic carbocycles. The van der Waals surface area contributed by atoms with Gasteiger partial charge < -0.3 is 9.47 Å². The topological polar surface area (TPSA) is 31.4 Å². The van der Waals surface area contributed by atoms with E-state index in [2.05, 4.69) is 42.5 Å². The SMILES string of the molecule is c1ccc(-c2cc(-c3ccc4c(c3)OCO4)nc3sc4c(c23)CCCC4)cc1. The smallest absolute Gasteiger partial charge is 0.231 e. The summed E-state index contributed by atoms with van der Waals surface area (Å²) in [6, 6.07) is 19.0. The van der Waals surface area contributed by atoms with Gasteiger partial charge in [-0.3, -0.25) is 0 Å². The first kappa shape index (κ1) is 16.1. The Hall–Kier alpha value is -2.85. The Labute approximate surface area is 167 Å². The predicted octanol–water partition coefficient (Wildman–Crippen LogP) is 6.24. The minimum Gasteiger partial charge on any atom is -0.454 e. The highest BCUT2D eigenvalue weighted by Gasteiger charge is 2.22. The molecule has 3 nitrogen and oxygen atoms in total. The van der Waals surface area contributed by atoms with Gasteiger partial charge >= 0.3 is 0 Å². The number of pyridine rings is 1. The molecule has 0 saturated carbocycles. The zero-order valence-electron chi connectivity index (χ0n) is 15.4. The molecule has 0 saturated heterocycles. The molecular weight excluding hydrogens is 366 g/mol. The van der Waals surface area contributed by atoms with E-state index in [1.807, 2.05) is 23.5 Å². The molecule has 0 N–H and O–H groups in total. The average Bonchev–Trinajstić information content (AvgIpc) is 3.37. The number of aromatic nitrogens is 1. The van der Waals surface area contributed by atoms with Crippen molar-refractivity contribution in [2.75, 3.05) is 6.79 Å². The minimum absolute atomic E-state index is 0.290. The van der Waals surface area contributed by atoms with Crippen LogP contribution in [0.5, 0.6) is 11.5 Å². The standard InChI is InChI=1S/C24H19NO2S/c1-2-6-15(7-3-1)18-13-19(16-10-11-20-21(12-16)27-14-26-20)25-24-23(18)17-8-4-5-9-22(17)28-24/h1-3,6-7,10-13H,4-5,8-9,14H2. The predicted molar refractivity (Wildman–Crippen MR) is 113 cm³/mol. The number of fused-ring (bicyclic) bond motifs is 4. The minimum atomic E-state index is 0.290. The fourth-order valence-electron chi connectivity index (χ4n) is 4.31. The second kappa shape index (κ2) is 6.35. The van der Waals surface area contributed by atoms with Crippen molar-refractivity contribution >= 4 is 21.6 Å². The second-order valence-corrected chi connectivity index (χ2v) is 8.46. The molecule has 28 heavy (non-hydrogen) atoms. The summed E-state index contributed by atoms with van der Waals surface area (Å²) in [7, 11) is 0. The van der Waals surface area contributed by atoms with Gasteiger partial charge in [0.15, 0.2) is 11.5 Å². The second-order valence-electron chi connectivity index (χ2n) is 7.38. The fraction of sp³-hybridized carbons (Fsp3) is 0.208. The fourth-order valence-corrected chi connectivity index (χ4v) is 5.59. The van der Waals surface area contributed by atoms with E-state index in [-0.39, 0.29) is 6.79 Å². The Morgan fingerprint density at radius 1 is 0.821 bits per heavy atom. The van der Waals surface area contributed by atoms with Crippen LogP contribution < -0.4 is 9.47 Å². The van der Waals surface area contributed by atoms with Crippen molar-refractivity contribution in [1.82, 2.24) is 4.98 Å². The van der Waals surface area contributed by atoms with Crippen LogP contribution in [0.2, 0.25) is 0 Å². The molecule has 0 amide bonds. The molecule has 2 aliphatic rings. The van der Waals surface area contributed by atoms with Crippen molar-refractivity contribution in [3.05, 3.63) is 65.0 Å². The molecule has 0 atom stereocenters. The summed E-state index contributed by atoms with van der Waals surface area (Å²) in [6.07, 6.45) is 4.91. The largest absolute Gasteiger partial charge is 0.454 e. The van der Waals surface area contributed by atoms with Gasteiger partial charge in [0, 0.05) is 15.8 Å². The summed E-state index contributed by atoms with van der Waals surface area (Å²) >= 11 is 1.88. The number of nitrogens with zero attached hydrogens (tertiary/aromatic N) is 1. The summed E-state index contributed by atoms with van der Waals surface area (Å²) in [6.45, 7) is 0.290. The zero-order valence-corrected chi connectivity index (χ0v) is 16.2. The number of aryl methyl sites for hydroxylation is 2. The van der Waals surface area contributed by atoms with Crippen LogP contribution in [0.4, 0.5) is 0 Å². The van der Waals surface area contributed by atoms with Crippen LogP contribution in [0.1, 0.15) is 23.3 Å². The number of thiophene rings is 1. The third-order valence-corrected chi connectivity index (χ3v) is 6.86. The number of hydrogen-bond acceptors (Lipinski definition) is 4. The normalized spacial score (nSPS) is 15.0. The Morgan fingerprint density at radius 2 is 1.68 bits per heavy atom. The van der Waals surface area contributed by atoms with Crippen molar-refractivity contribution < 1.29 is 9.47 Å². The van der Waals surface area contributed by atoms with Gasteiger partial charge in [-0.1, -0.05) is 30.3 Å². The molecule has 3 heterocycles. The highest BCUT2D eigenvalue weighted by Crippen LogP contribution is 2.43. The Morgan fingerprint density at radius 3 is 2.61 bits per heavy atom. The van der Waals surface area contributed by atoms with E-state index in [9.17, 15) is 0 Å². The molecular formula is C24H19NO2S. The van der Waals surface area contributed by atoms with Gasteiger partial charge in [-0.15, -0.1) is 11.3 Å². The number of hydrogen-bond donors (Lipinski definition) is 0. The van der Waals surface area contributed by atoms with Crippen LogP contribution in [0.3, 0.4) is 0 Å². The average molecular weight is 385 g/mol. The van der Waals surface area contributed by atoms with Crippen LogP contribution in [-0.2, 0) is 12.8 Å². The van der Waals surface area contributed by atoms with E-state index in [0.717, 1.165) is 27.6 Å². The summed E-state index contributed by atoms with van der Waals surface area (Å²) in [5, 5.41) is 1.36. The maximum absolute atomic E-state index is 5.58. The Balaban J connectivity index is 1.61. The number of rotatable bonds is 2. The van der Waals surface area contributed by atoms with Crippen LogP contribution in [0, 0.1) is 0 Å². The van der Waals surface area contributed by atoms with Gasteiger partial charge in [0.2, 0.25) is 6.79 Å². The molecule has 138 valence electrons. The summed E-state index contributed by atoms with van der Waals surface area (Å²) in [5.74, 6) is 1.60. The summed E-state index contributed by atoms with van der Waals surface area (Å²) in [5.41, 5.74) is 6.12. The molecule has 1 aliphatic heterocycles. The lowest BCUT2D eigenvalue weighted by molar-refractivity contribution is 0.174. The molecule has 0 radical (unpaired) electrons. The first-order valence-corrected chi connectivity index (χ1v) is 10.6. The van der Waals surface area contributed by atoms with Gasteiger partial charge in [-0.25, -0.2) is 4.98 Å². The van der Waals surface area contributed by atoms with Crippen molar-refractivity contribution in [2.45, 2.75) is 25.7 Å². The van der Waals surface area contributed by atoms with Crippen LogP contribution in [0.25, 0.3) is 32.6 Å². The van der Waals surface area contributed by atoms with E-state index in [1.165, 1.54) is 52.6 Å². The highest BCUT2D eigenvalue weighted by molar-refractivity contribution is 7.19. The zero-order chi connectivity index (χ0) is 18.5. The molecule has 4 aromatic rings. The molecule has 0 unspecified atom stereocenters. The first-order chi connectivity index (χ1) is 13.9. The van der Waals surface area contributed by atoms with E-state index in [0.29, 0.717) is 0 Å². The highest BCUT2D eigenvalue weighted by atomic mass is 32.1. The molecule has 0 bridgehead atoms. The van der Waals surface area contributed by atoms with Crippen molar-refractivity contribution in [3.63, 3.8) is 0 Å². The molecule has 1 aliphatic carbocycles. The van der Waals surface area contributed by atoms with Gasteiger partial charge in [0.1, 0.15) is 4.83 Å². The molecule has 0 fully saturated rings. The van der Waals surface area contributed by atoms with E-state index in [4.69, 9.17) is 14.5 Å². The number of ether oxygens (including phenoxy) is 2. The molecule has 6 rings (SSSR count). The Kier molecular flexibility index (Phi) is 3.66. The lowest BCUT2D eigenvalue weighted by Crippen LogP contribution is -1.98. The van der Waals surface area contributed by atoms with E-state index in [1.54, 1.807) is 0 Å². The molecule has 0 spiro atoms. The number of benzene rings is 2. The maximum atomic E-state index is 5.58. The van der Waals surface area contributed by atoms with E-state index >= 15 is 0 Å². The van der Waals surface area contributed by atoms with E-state index < -0.39 is 0 Å². The van der Waals surface area contributed by atoms with Gasteiger partial charge in [-0.2, -0.15) is 0 Å². The first-order valence-electron chi connectivity index (χ1n) is 9.77. The third-order valence-electron chi connectivity index (χ3n) is 5.68. The summed E-state index contributed by atoms with van der Waals surface area (Å²) in [4.78, 5) is 7.76. The lowest BCUT2D eigenvalue weighted by atomic mass is 9.92. The monoisotopic (exact) mass is 385 g/mol. The van der Waals surface area contributed by atoms with Crippen LogP contribution in [-0.4, -0.2) is 11.8 Å². The van der Waals surface area contributed by atoms with Gasteiger partial charge in [0.25, 0.3) is 0 Å². The van der Waals surface area contributed by atoms with Crippen LogP contribution >= 0.6 is 11.3 Å². The quantitative estimate of drug-likeness (QED) is 0.409. The van der Waals surface area contributed by atoms with Crippen molar-refractivity contribution in [3.8, 4) is 33.9 Å². The van der Waals surface area contributed by atoms with Gasteiger partial charge in [-0.05, 0) is 66.6 Å². The maximum Gasteiger partial charge on any atom is 0.231 e. The third kappa shape index (κ3) is 2.52. The molecule has 2 aromatic heterocycles. The molecule has 4 heteroatoms. The Bertz CT molecular complexity index is 1200. The van der Waals surface area contributed by atoms with Crippen molar-refractivity contribution in [2.24, 2.45) is 0 Å². The van der Waals surface area contributed by atoms with Crippen molar-refractivity contribution in [1.29, 1.82) is 0 Å².